The van der Waals surface area contributed by atoms with E-state index in [2.05, 4.69) is 20.4 Å². The van der Waals surface area contributed by atoms with Gasteiger partial charge in [-0.05, 0) is 42.8 Å². The number of carboxylic acid groups (broad SMARTS) is 1. The number of aromatic amines is 1. The minimum atomic E-state index is -1.11. The monoisotopic (exact) mass is 394 g/mol. The van der Waals surface area contributed by atoms with Crippen molar-refractivity contribution >= 4 is 40.7 Å². The van der Waals surface area contributed by atoms with Crippen LogP contribution in [0.2, 0.25) is 5.02 Å². The van der Waals surface area contributed by atoms with Gasteiger partial charge in [-0.3, -0.25) is 5.10 Å². The number of H-pyrrole nitrogens is 1. The molecule has 10 heteroatoms. The zero-order valence-corrected chi connectivity index (χ0v) is 15.0. The molecule has 25 heavy (non-hydrogen) atoms. The highest BCUT2D eigenvalue weighted by molar-refractivity contribution is 8.01. The van der Waals surface area contributed by atoms with Gasteiger partial charge >= 0.3 is 5.97 Å². The number of aromatic nitrogens is 4. The van der Waals surface area contributed by atoms with E-state index in [9.17, 15) is 4.79 Å². The topological polar surface area (TPSA) is 101 Å². The number of halogens is 1. The molecule has 1 aliphatic rings. The van der Waals surface area contributed by atoms with Crippen molar-refractivity contribution < 1.29 is 14.6 Å². The Hall–Kier alpha value is -2.10. The average molecular weight is 395 g/mol. The van der Waals surface area contributed by atoms with Gasteiger partial charge in [-0.2, -0.15) is 0 Å². The Labute approximate surface area is 155 Å². The standard InChI is InChI=1S/C15H11ClN4O3S2/c16-9-5-7(1-4-11(9)23-8-2-3-8)10-6-24-15(17-10)25-13-12(14(21)22)18-20-19-13/h1,4-6,8H,2-3H2,(H,21,22)(H,18,19,20). The molecular formula is C15H11ClN4O3S2. The number of hydrogen-bond acceptors (Lipinski definition) is 7. The Morgan fingerprint density at radius 1 is 1.44 bits per heavy atom. The van der Waals surface area contributed by atoms with Crippen LogP contribution in [0.4, 0.5) is 0 Å². The van der Waals surface area contributed by atoms with E-state index in [4.69, 9.17) is 21.4 Å². The van der Waals surface area contributed by atoms with E-state index < -0.39 is 5.97 Å². The predicted octanol–water partition coefficient (Wildman–Crippen LogP) is 3.97. The first-order valence-electron chi connectivity index (χ1n) is 7.34. The van der Waals surface area contributed by atoms with Crippen molar-refractivity contribution in [3.05, 3.63) is 34.3 Å². The zero-order chi connectivity index (χ0) is 17.4. The number of nitrogens with zero attached hydrogens (tertiary/aromatic N) is 3. The number of rotatable bonds is 6. The average Bonchev–Trinajstić information content (AvgIpc) is 3.08. The zero-order valence-electron chi connectivity index (χ0n) is 12.6. The molecule has 1 aromatic carbocycles. The molecule has 4 rings (SSSR count). The second-order valence-corrected chi connectivity index (χ2v) is 7.86. The lowest BCUT2D eigenvalue weighted by atomic mass is 10.2. The quantitative estimate of drug-likeness (QED) is 0.652. The van der Waals surface area contributed by atoms with Gasteiger partial charge in [-0.25, -0.2) is 9.78 Å². The van der Waals surface area contributed by atoms with E-state index >= 15 is 0 Å². The normalized spacial score (nSPS) is 13.8. The highest BCUT2D eigenvalue weighted by Gasteiger charge is 2.24. The number of hydrogen-bond donors (Lipinski definition) is 2. The third-order valence-electron chi connectivity index (χ3n) is 3.44. The van der Waals surface area contributed by atoms with E-state index in [0.29, 0.717) is 15.1 Å². The van der Waals surface area contributed by atoms with Crippen LogP contribution in [-0.4, -0.2) is 37.6 Å². The number of carbonyl (C=O) groups is 1. The van der Waals surface area contributed by atoms with Crippen LogP contribution >= 0.6 is 34.7 Å². The molecule has 0 spiro atoms. The maximum absolute atomic E-state index is 11.1. The maximum atomic E-state index is 11.1. The van der Waals surface area contributed by atoms with Gasteiger partial charge in [0.25, 0.3) is 0 Å². The van der Waals surface area contributed by atoms with Crippen LogP contribution < -0.4 is 4.74 Å². The predicted molar refractivity (Wildman–Crippen MR) is 93.7 cm³/mol. The van der Waals surface area contributed by atoms with Crippen molar-refractivity contribution in [1.29, 1.82) is 0 Å². The summed E-state index contributed by atoms with van der Waals surface area (Å²) in [6.07, 6.45) is 2.44. The lowest BCUT2D eigenvalue weighted by Gasteiger charge is -2.07. The Morgan fingerprint density at radius 3 is 3.00 bits per heavy atom. The second-order valence-electron chi connectivity index (χ2n) is 5.36. The fourth-order valence-electron chi connectivity index (χ4n) is 2.07. The SMILES string of the molecule is O=C(O)c1[nH]nnc1Sc1nc(-c2ccc(OC3CC3)c(Cl)c2)cs1. The first-order valence-corrected chi connectivity index (χ1v) is 9.42. The number of aromatic carboxylic acids is 1. The number of carboxylic acids is 1. The fraction of sp³-hybridized carbons (Fsp3) is 0.200. The van der Waals surface area contributed by atoms with Crippen molar-refractivity contribution in [2.75, 3.05) is 0 Å². The highest BCUT2D eigenvalue weighted by Crippen LogP contribution is 2.37. The van der Waals surface area contributed by atoms with Crippen LogP contribution in [-0.2, 0) is 0 Å². The van der Waals surface area contributed by atoms with Gasteiger partial charge in [-0.1, -0.05) is 16.8 Å². The fourth-order valence-corrected chi connectivity index (χ4v) is 4.05. The Balaban J connectivity index is 1.53. The maximum Gasteiger partial charge on any atom is 0.356 e. The molecule has 0 aliphatic heterocycles. The van der Waals surface area contributed by atoms with E-state index in [1.54, 1.807) is 0 Å². The number of thiazole rings is 1. The van der Waals surface area contributed by atoms with Crippen molar-refractivity contribution in [3.63, 3.8) is 0 Å². The lowest BCUT2D eigenvalue weighted by molar-refractivity contribution is 0.0686. The minimum Gasteiger partial charge on any atom is -0.489 e. The molecule has 0 bridgehead atoms. The molecule has 0 unspecified atom stereocenters. The Kier molecular flexibility index (Phi) is 4.36. The number of benzene rings is 1. The van der Waals surface area contributed by atoms with E-state index in [1.807, 2.05) is 23.6 Å². The molecular weight excluding hydrogens is 384 g/mol. The van der Waals surface area contributed by atoms with Gasteiger partial charge in [0.05, 0.1) is 16.8 Å². The summed E-state index contributed by atoms with van der Waals surface area (Å²) in [5, 5.41) is 21.5. The minimum absolute atomic E-state index is 0.0497. The first-order chi connectivity index (χ1) is 12.1. The van der Waals surface area contributed by atoms with Gasteiger partial charge in [-0.15, -0.1) is 16.4 Å². The molecule has 2 aromatic heterocycles. The third-order valence-corrected chi connectivity index (χ3v) is 5.66. The summed E-state index contributed by atoms with van der Waals surface area (Å²) >= 11 is 8.84. The van der Waals surface area contributed by atoms with E-state index in [1.165, 1.54) is 11.3 Å². The van der Waals surface area contributed by atoms with Crippen LogP contribution in [0.25, 0.3) is 11.3 Å². The smallest absolute Gasteiger partial charge is 0.356 e. The molecule has 0 radical (unpaired) electrons. The summed E-state index contributed by atoms with van der Waals surface area (Å²) in [5.74, 6) is -0.422. The van der Waals surface area contributed by atoms with Crippen molar-refractivity contribution in [3.8, 4) is 17.0 Å². The summed E-state index contributed by atoms with van der Waals surface area (Å²) in [5.41, 5.74) is 1.58. The van der Waals surface area contributed by atoms with Crippen LogP contribution in [0.5, 0.6) is 5.75 Å². The molecule has 0 atom stereocenters. The van der Waals surface area contributed by atoms with Crippen LogP contribution in [0, 0.1) is 0 Å². The first kappa shape index (κ1) is 16.4. The summed E-state index contributed by atoms with van der Waals surface area (Å²) in [6.45, 7) is 0. The number of ether oxygens (including phenoxy) is 1. The van der Waals surface area contributed by atoms with Crippen molar-refractivity contribution in [2.45, 2.75) is 28.3 Å². The molecule has 2 heterocycles. The molecule has 3 aromatic rings. The number of nitrogens with one attached hydrogen (secondary N) is 1. The summed E-state index contributed by atoms with van der Waals surface area (Å²) in [4.78, 5) is 15.6. The Bertz CT molecular complexity index is 939. The van der Waals surface area contributed by atoms with Gasteiger partial charge in [0, 0.05) is 10.9 Å². The molecule has 0 saturated heterocycles. The van der Waals surface area contributed by atoms with Crippen LogP contribution in [0.1, 0.15) is 23.3 Å². The second kappa shape index (κ2) is 6.66. The third kappa shape index (κ3) is 3.63. The van der Waals surface area contributed by atoms with E-state index in [0.717, 1.165) is 35.9 Å². The van der Waals surface area contributed by atoms with Crippen molar-refractivity contribution in [1.82, 2.24) is 20.4 Å². The van der Waals surface area contributed by atoms with Crippen LogP contribution in [0.3, 0.4) is 0 Å². The van der Waals surface area contributed by atoms with Crippen LogP contribution in [0.15, 0.2) is 32.9 Å². The van der Waals surface area contributed by atoms with Crippen molar-refractivity contribution in [2.24, 2.45) is 0 Å². The molecule has 2 N–H and O–H groups in total. The summed E-state index contributed by atoms with van der Waals surface area (Å²) in [7, 11) is 0. The Morgan fingerprint density at radius 2 is 2.28 bits per heavy atom. The largest absolute Gasteiger partial charge is 0.489 e. The summed E-state index contributed by atoms with van der Waals surface area (Å²) in [6, 6.07) is 5.58. The molecule has 1 aliphatic carbocycles. The molecule has 1 saturated carbocycles. The molecule has 128 valence electrons. The lowest BCUT2D eigenvalue weighted by Crippen LogP contribution is -1.98. The van der Waals surface area contributed by atoms with E-state index in [-0.39, 0.29) is 16.8 Å². The van der Waals surface area contributed by atoms with Gasteiger partial charge < -0.3 is 9.84 Å². The summed E-state index contributed by atoms with van der Waals surface area (Å²) < 4.78 is 6.40. The highest BCUT2D eigenvalue weighted by atomic mass is 35.5. The van der Waals surface area contributed by atoms with Gasteiger partial charge in [0.2, 0.25) is 0 Å². The molecule has 7 nitrogen and oxygen atoms in total. The molecule has 0 amide bonds. The van der Waals surface area contributed by atoms with Gasteiger partial charge in [0.1, 0.15) is 5.75 Å². The van der Waals surface area contributed by atoms with Gasteiger partial charge in [0.15, 0.2) is 15.1 Å². The molecule has 1 fully saturated rings.